The van der Waals surface area contributed by atoms with Gasteiger partial charge in [0, 0.05) is 56.8 Å². The van der Waals surface area contributed by atoms with Crippen molar-refractivity contribution in [3.63, 3.8) is 0 Å². The van der Waals surface area contributed by atoms with Gasteiger partial charge in [-0.25, -0.2) is 0 Å². The zero-order valence-electron chi connectivity index (χ0n) is 17.9. The Bertz CT molecular complexity index is 914. The van der Waals surface area contributed by atoms with E-state index in [0.29, 0.717) is 0 Å². The molecule has 2 amide bonds. The van der Waals surface area contributed by atoms with Crippen molar-refractivity contribution in [2.24, 2.45) is 5.92 Å². The number of anilines is 1. The summed E-state index contributed by atoms with van der Waals surface area (Å²) >= 11 is 1.59. The molecule has 160 valence electrons. The Balaban J connectivity index is 1.35. The van der Waals surface area contributed by atoms with E-state index in [9.17, 15) is 9.59 Å². The van der Waals surface area contributed by atoms with Crippen LogP contribution in [0.2, 0.25) is 0 Å². The number of benzene rings is 1. The van der Waals surface area contributed by atoms with E-state index in [1.54, 1.807) is 37.4 Å². The van der Waals surface area contributed by atoms with Crippen molar-refractivity contribution >= 4 is 28.8 Å². The molecule has 0 unspecified atom stereocenters. The van der Waals surface area contributed by atoms with E-state index in [1.165, 1.54) is 16.1 Å². The molecule has 1 aliphatic heterocycles. The number of fused-ring (bicyclic) bond motifs is 1. The maximum Gasteiger partial charge on any atom is 0.263 e. The highest BCUT2D eigenvalue weighted by molar-refractivity contribution is 7.14. The minimum atomic E-state index is 0.0296. The summed E-state index contributed by atoms with van der Waals surface area (Å²) in [4.78, 5) is 33.4. The third-order valence-corrected chi connectivity index (χ3v) is 7.30. The van der Waals surface area contributed by atoms with Gasteiger partial charge in [0.25, 0.3) is 5.91 Å². The molecule has 2 aromatic rings. The van der Waals surface area contributed by atoms with E-state index in [0.717, 1.165) is 56.1 Å². The lowest BCUT2D eigenvalue weighted by atomic mass is 9.87. The Labute approximate surface area is 182 Å². The third kappa shape index (κ3) is 4.17. The van der Waals surface area contributed by atoms with Crippen LogP contribution in [0.25, 0.3) is 0 Å². The average Bonchev–Trinajstić information content (AvgIpc) is 3.21. The van der Waals surface area contributed by atoms with Crippen LogP contribution in [0.15, 0.2) is 30.3 Å². The number of aryl methyl sites for hydroxylation is 1. The summed E-state index contributed by atoms with van der Waals surface area (Å²) in [5.74, 6) is 1.20. The van der Waals surface area contributed by atoms with E-state index in [2.05, 4.69) is 17.0 Å². The predicted octanol–water partition coefficient (Wildman–Crippen LogP) is 2.91. The summed E-state index contributed by atoms with van der Waals surface area (Å²) in [6.45, 7) is 3.19. The number of thiophene rings is 1. The summed E-state index contributed by atoms with van der Waals surface area (Å²) < 4.78 is 5.23. The number of hydrogen-bond donors (Lipinski definition) is 0. The minimum Gasteiger partial charge on any atom is -0.497 e. The summed E-state index contributed by atoms with van der Waals surface area (Å²) in [5, 5.41) is 0. The van der Waals surface area contributed by atoms with Crippen molar-refractivity contribution in [2.75, 3.05) is 52.3 Å². The molecule has 0 N–H and O–H groups in total. The van der Waals surface area contributed by atoms with E-state index in [-0.39, 0.29) is 17.7 Å². The molecule has 1 fully saturated rings. The Morgan fingerprint density at radius 3 is 2.43 bits per heavy atom. The summed E-state index contributed by atoms with van der Waals surface area (Å²) in [7, 11) is 5.22. The second-order valence-corrected chi connectivity index (χ2v) is 9.35. The van der Waals surface area contributed by atoms with E-state index in [1.807, 2.05) is 23.1 Å². The predicted molar refractivity (Wildman–Crippen MR) is 120 cm³/mol. The zero-order chi connectivity index (χ0) is 21.3. The third-order valence-electron chi connectivity index (χ3n) is 6.08. The normalized spacial score (nSPS) is 18.7. The first-order chi connectivity index (χ1) is 14.5. The van der Waals surface area contributed by atoms with E-state index >= 15 is 0 Å². The fourth-order valence-electron chi connectivity index (χ4n) is 4.30. The number of rotatable bonds is 4. The largest absolute Gasteiger partial charge is 0.497 e. The highest BCUT2D eigenvalue weighted by Crippen LogP contribution is 2.34. The van der Waals surface area contributed by atoms with Crippen molar-refractivity contribution < 1.29 is 14.3 Å². The van der Waals surface area contributed by atoms with Crippen molar-refractivity contribution in [1.29, 1.82) is 0 Å². The maximum atomic E-state index is 13.2. The number of carbonyl (C=O) groups excluding carboxylic acids is 2. The monoisotopic (exact) mass is 427 g/mol. The number of piperazine rings is 1. The van der Waals surface area contributed by atoms with Gasteiger partial charge in [0.1, 0.15) is 5.75 Å². The fraction of sp³-hybridized carbons (Fsp3) is 0.478. The number of carbonyl (C=O) groups is 2. The van der Waals surface area contributed by atoms with Gasteiger partial charge in [-0.2, -0.15) is 0 Å². The Morgan fingerprint density at radius 1 is 1.10 bits per heavy atom. The number of hydrogen-bond acceptors (Lipinski definition) is 5. The van der Waals surface area contributed by atoms with Gasteiger partial charge in [-0.05, 0) is 55.2 Å². The highest BCUT2D eigenvalue weighted by Gasteiger charge is 2.32. The van der Waals surface area contributed by atoms with Crippen LogP contribution >= 0.6 is 11.3 Å². The second kappa shape index (κ2) is 8.68. The first kappa shape index (κ1) is 20.7. The molecule has 30 heavy (non-hydrogen) atoms. The fourth-order valence-corrected chi connectivity index (χ4v) is 5.53. The molecule has 0 radical (unpaired) electrons. The van der Waals surface area contributed by atoms with Crippen molar-refractivity contribution in [1.82, 2.24) is 9.80 Å². The molecular weight excluding hydrogens is 398 g/mol. The maximum absolute atomic E-state index is 13.2. The van der Waals surface area contributed by atoms with Crippen molar-refractivity contribution in [3.05, 3.63) is 45.6 Å². The van der Waals surface area contributed by atoms with Crippen LogP contribution in [0.3, 0.4) is 0 Å². The van der Waals surface area contributed by atoms with E-state index < -0.39 is 0 Å². The van der Waals surface area contributed by atoms with Gasteiger partial charge >= 0.3 is 0 Å². The van der Waals surface area contributed by atoms with Crippen molar-refractivity contribution in [2.45, 2.75) is 19.3 Å². The van der Waals surface area contributed by atoms with Gasteiger partial charge in [-0.15, -0.1) is 11.3 Å². The van der Waals surface area contributed by atoms with Crippen LogP contribution in [-0.2, 0) is 17.6 Å². The molecule has 4 rings (SSSR count). The lowest BCUT2D eigenvalue weighted by Gasteiger charge is -2.38. The summed E-state index contributed by atoms with van der Waals surface area (Å²) in [5.41, 5.74) is 2.35. The molecule has 1 aromatic carbocycles. The molecule has 1 atom stereocenters. The lowest BCUT2D eigenvalue weighted by Crippen LogP contribution is -2.51. The van der Waals surface area contributed by atoms with Gasteiger partial charge in [-0.3, -0.25) is 9.59 Å². The number of nitrogens with zero attached hydrogens (tertiary/aromatic N) is 3. The number of ether oxygens (including phenoxy) is 1. The standard InChI is InChI=1S/C23H29N3O3S/c1-24(2)23(28)21-15-17-14-16(4-9-20(17)30-21)22(27)26-12-10-25(11-13-26)18-5-7-19(29-3)8-6-18/h5-8,15-16H,4,9-14H2,1-3H3/t16-/m0/s1. The van der Waals surface area contributed by atoms with Gasteiger partial charge in [0.15, 0.2) is 0 Å². The van der Waals surface area contributed by atoms with Gasteiger partial charge < -0.3 is 19.4 Å². The molecule has 0 saturated carbocycles. The highest BCUT2D eigenvalue weighted by atomic mass is 32.1. The van der Waals surface area contributed by atoms with Gasteiger partial charge in [0.2, 0.25) is 5.91 Å². The molecular formula is C23H29N3O3S. The molecule has 7 heteroatoms. The molecule has 6 nitrogen and oxygen atoms in total. The first-order valence-electron chi connectivity index (χ1n) is 10.5. The number of methoxy groups -OCH3 is 1. The van der Waals surface area contributed by atoms with Crippen LogP contribution < -0.4 is 9.64 Å². The minimum absolute atomic E-state index is 0.0296. The Kier molecular flexibility index (Phi) is 5.99. The molecule has 1 aromatic heterocycles. The molecule has 1 saturated heterocycles. The molecule has 2 aliphatic rings. The SMILES string of the molecule is COc1ccc(N2CCN(C(=O)[C@H]3CCc4sc(C(=O)N(C)C)cc4C3)CC2)cc1. The average molecular weight is 428 g/mol. The molecule has 2 heterocycles. The Hall–Kier alpha value is -2.54. The van der Waals surface area contributed by atoms with Crippen LogP contribution in [0.5, 0.6) is 5.75 Å². The molecule has 0 spiro atoms. The van der Waals surface area contributed by atoms with Gasteiger partial charge in [0.05, 0.1) is 12.0 Å². The zero-order valence-corrected chi connectivity index (χ0v) is 18.7. The summed E-state index contributed by atoms with van der Waals surface area (Å²) in [6, 6.07) is 10.1. The van der Waals surface area contributed by atoms with Crippen LogP contribution in [0, 0.1) is 5.92 Å². The topological polar surface area (TPSA) is 53.1 Å². The van der Waals surface area contributed by atoms with Gasteiger partial charge in [-0.1, -0.05) is 0 Å². The van der Waals surface area contributed by atoms with Crippen molar-refractivity contribution in [3.8, 4) is 5.75 Å². The quantitative estimate of drug-likeness (QED) is 0.753. The lowest BCUT2D eigenvalue weighted by molar-refractivity contribution is -0.136. The van der Waals surface area contributed by atoms with Crippen LogP contribution in [0.4, 0.5) is 5.69 Å². The van der Waals surface area contributed by atoms with E-state index in [4.69, 9.17) is 4.74 Å². The molecule has 1 aliphatic carbocycles. The molecule has 0 bridgehead atoms. The summed E-state index contributed by atoms with van der Waals surface area (Å²) in [6.07, 6.45) is 2.52. The Morgan fingerprint density at radius 2 is 1.80 bits per heavy atom. The second-order valence-electron chi connectivity index (χ2n) is 8.21. The van der Waals surface area contributed by atoms with Crippen LogP contribution in [0.1, 0.15) is 26.5 Å². The number of amides is 2. The smallest absolute Gasteiger partial charge is 0.263 e. The first-order valence-corrected chi connectivity index (χ1v) is 11.3. The van der Waals surface area contributed by atoms with Crippen LogP contribution in [-0.4, -0.2) is 69.0 Å².